The maximum absolute atomic E-state index is 12.2. The number of aromatic nitrogens is 2. The minimum atomic E-state index is -0.907. The highest BCUT2D eigenvalue weighted by molar-refractivity contribution is 5.98. The molecule has 0 radical (unpaired) electrons. The summed E-state index contributed by atoms with van der Waals surface area (Å²) in [5.74, 6) is 0.851. The van der Waals surface area contributed by atoms with Crippen LogP contribution in [0.5, 0.6) is 11.5 Å². The topological polar surface area (TPSA) is 111 Å². The molecule has 8 heteroatoms. The summed E-state index contributed by atoms with van der Waals surface area (Å²) in [5.41, 5.74) is 7.05. The highest BCUT2D eigenvalue weighted by Crippen LogP contribution is 2.37. The lowest BCUT2D eigenvalue weighted by Gasteiger charge is -2.44. The molecule has 1 aromatic heterocycles. The Morgan fingerprint density at radius 1 is 1.06 bits per heavy atom. The van der Waals surface area contributed by atoms with E-state index in [9.17, 15) is 14.7 Å². The number of ether oxygens (including phenoxy) is 1. The zero-order chi connectivity index (χ0) is 24.5. The fraction of sp³-hybridized carbons (Fsp3) is 0.346. The second-order valence-electron chi connectivity index (χ2n) is 9.71. The second kappa shape index (κ2) is 9.21. The van der Waals surface area contributed by atoms with Gasteiger partial charge in [0.1, 0.15) is 17.2 Å². The van der Waals surface area contributed by atoms with E-state index in [-0.39, 0.29) is 17.5 Å². The summed E-state index contributed by atoms with van der Waals surface area (Å²) in [6, 6.07) is 16.6. The lowest BCUT2D eigenvalue weighted by Crippen LogP contribution is -2.51. The van der Waals surface area contributed by atoms with Crippen LogP contribution in [0.3, 0.4) is 0 Å². The number of para-hydroxylation sites is 1. The van der Waals surface area contributed by atoms with Gasteiger partial charge >= 0.3 is 6.09 Å². The Morgan fingerprint density at radius 3 is 2.29 bits per heavy atom. The van der Waals surface area contributed by atoms with E-state index in [1.165, 1.54) is 4.90 Å². The number of likely N-dealkylation sites (tertiary alicyclic amines) is 1. The van der Waals surface area contributed by atoms with Crippen molar-refractivity contribution in [1.29, 1.82) is 0 Å². The van der Waals surface area contributed by atoms with Gasteiger partial charge in [-0.05, 0) is 54.7 Å². The molecule has 2 heterocycles. The van der Waals surface area contributed by atoms with Crippen LogP contribution >= 0.6 is 0 Å². The number of hydrogen-bond acceptors (Lipinski definition) is 4. The third kappa shape index (κ3) is 4.90. The largest absolute Gasteiger partial charge is 0.465 e. The molecule has 2 atom stereocenters. The first-order valence-corrected chi connectivity index (χ1v) is 11.4. The van der Waals surface area contributed by atoms with Crippen molar-refractivity contribution in [3.63, 3.8) is 0 Å². The van der Waals surface area contributed by atoms with E-state index >= 15 is 0 Å². The molecule has 2 unspecified atom stereocenters. The van der Waals surface area contributed by atoms with Gasteiger partial charge in [0.2, 0.25) is 0 Å². The van der Waals surface area contributed by atoms with Crippen molar-refractivity contribution in [1.82, 2.24) is 14.7 Å². The summed E-state index contributed by atoms with van der Waals surface area (Å²) < 4.78 is 7.63. The monoisotopic (exact) mass is 462 g/mol. The van der Waals surface area contributed by atoms with Gasteiger partial charge in [0.05, 0.1) is 11.6 Å². The number of carbonyl (C=O) groups excluding carboxylic acids is 1. The molecule has 1 aliphatic rings. The highest BCUT2D eigenvalue weighted by atomic mass is 16.5. The normalized spacial score (nSPS) is 18.5. The summed E-state index contributed by atoms with van der Waals surface area (Å²) in [7, 11) is 0. The van der Waals surface area contributed by atoms with Crippen molar-refractivity contribution in [3.05, 3.63) is 66.4 Å². The van der Waals surface area contributed by atoms with Crippen LogP contribution in [0.25, 0.3) is 11.3 Å². The number of nitrogens with zero attached hydrogens (tertiary/aromatic N) is 3. The number of piperidine rings is 1. The van der Waals surface area contributed by atoms with E-state index in [1.807, 2.05) is 75.4 Å². The maximum atomic E-state index is 12.2. The van der Waals surface area contributed by atoms with Crippen molar-refractivity contribution in [3.8, 4) is 22.8 Å². The Kier molecular flexibility index (Phi) is 6.32. The zero-order valence-electron chi connectivity index (χ0n) is 19.6. The first-order valence-electron chi connectivity index (χ1n) is 11.4. The zero-order valence-corrected chi connectivity index (χ0v) is 19.6. The van der Waals surface area contributed by atoms with Crippen LogP contribution in [0.15, 0.2) is 60.8 Å². The number of hydrogen-bond donors (Lipinski definition) is 2. The van der Waals surface area contributed by atoms with Gasteiger partial charge in [-0.2, -0.15) is 5.10 Å². The van der Waals surface area contributed by atoms with Crippen LogP contribution in [-0.2, 0) is 0 Å². The Bertz CT molecular complexity index is 1170. The molecule has 178 valence electrons. The molecular formula is C26H30N4O4. The molecule has 0 saturated carbocycles. The van der Waals surface area contributed by atoms with Crippen molar-refractivity contribution >= 4 is 12.0 Å². The lowest BCUT2D eigenvalue weighted by atomic mass is 9.79. The molecule has 0 bridgehead atoms. The number of carbonyl (C=O) groups is 2. The minimum absolute atomic E-state index is 0.0348. The van der Waals surface area contributed by atoms with Gasteiger partial charge in [0.15, 0.2) is 0 Å². The van der Waals surface area contributed by atoms with Gasteiger partial charge in [-0.15, -0.1) is 0 Å². The SMILES string of the molecule is CC(C)(C)C1CC(n2cc(C(N)=O)c(-c3ccc(Oc4ccccc4)cc3)n2)CCN1C(=O)O. The maximum Gasteiger partial charge on any atom is 0.407 e. The van der Waals surface area contributed by atoms with E-state index in [0.29, 0.717) is 36.4 Å². The average Bonchev–Trinajstić information content (AvgIpc) is 3.25. The van der Waals surface area contributed by atoms with Gasteiger partial charge in [0.25, 0.3) is 5.91 Å². The standard InChI is InChI=1S/C26H30N4O4/c1-26(2,3)22-15-18(13-14-29(22)25(32)33)30-16-21(24(27)31)23(28-30)17-9-11-20(12-10-17)34-19-7-5-4-6-8-19/h4-12,16,18,22H,13-15H2,1-3H3,(H2,27,31)(H,32,33). The van der Waals surface area contributed by atoms with Crippen molar-refractivity contribution in [2.45, 2.75) is 45.7 Å². The molecule has 1 fully saturated rings. The van der Waals surface area contributed by atoms with Gasteiger partial charge in [-0.3, -0.25) is 9.48 Å². The number of primary amides is 1. The van der Waals surface area contributed by atoms with E-state index in [1.54, 1.807) is 10.9 Å². The molecule has 1 saturated heterocycles. The van der Waals surface area contributed by atoms with Crippen LogP contribution in [0.4, 0.5) is 4.79 Å². The third-order valence-corrected chi connectivity index (χ3v) is 6.30. The van der Waals surface area contributed by atoms with Gasteiger partial charge < -0.3 is 20.5 Å². The first-order chi connectivity index (χ1) is 16.1. The van der Waals surface area contributed by atoms with Crippen LogP contribution in [0, 0.1) is 5.41 Å². The molecular weight excluding hydrogens is 432 g/mol. The smallest absolute Gasteiger partial charge is 0.407 e. The molecule has 34 heavy (non-hydrogen) atoms. The molecule has 3 N–H and O–H groups in total. The second-order valence-corrected chi connectivity index (χ2v) is 9.71. The molecule has 3 aromatic rings. The van der Waals surface area contributed by atoms with Crippen LogP contribution < -0.4 is 10.5 Å². The summed E-state index contributed by atoms with van der Waals surface area (Å²) in [6.45, 7) is 6.53. The predicted molar refractivity (Wildman–Crippen MR) is 129 cm³/mol. The summed E-state index contributed by atoms with van der Waals surface area (Å²) in [4.78, 5) is 25.5. The Balaban J connectivity index is 1.60. The molecule has 2 aromatic carbocycles. The Hall–Kier alpha value is -3.81. The van der Waals surface area contributed by atoms with E-state index < -0.39 is 12.0 Å². The number of benzene rings is 2. The van der Waals surface area contributed by atoms with Crippen LogP contribution in [0.1, 0.15) is 50.0 Å². The van der Waals surface area contributed by atoms with Gasteiger partial charge in [0, 0.05) is 24.3 Å². The van der Waals surface area contributed by atoms with Crippen LogP contribution in [0.2, 0.25) is 0 Å². The summed E-state index contributed by atoms with van der Waals surface area (Å²) >= 11 is 0. The van der Waals surface area contributed by atoms with E-state index in [2.05, 4.69) is 0 Å². The number of carboxylic acid groups (broad SMARTS) is 1. The Morgan fingerprint density at radius 2 is 1.71 bits per heavy atom. The molecule has 0 spiro atoms. The van der Waals surface area contributed by atoms with E-state index in [0.717, 1.165) is 11.3 Å². The van der Waals surface area contributed by atoms with Gasteiger partial charge in [-0.25, -0.2) is 4.79 Å². The van der Waals surface area contributed by atoms with Crippen molar-refractivity contribution < 1.29 is 19.4 Å². The molecule has 4 rings (SSSR count). The fourth-order valence-corrected chi connectivity index (χ4v) is 4.51. The number of amides is 2. The average molecular weight is 463 g/mol. The summed E-state index contributed by atoms with van der Waals surface area (Å²) in [5, 5.41) is 14.4. The third-order valence-electron chi connectivity index (χ3n) is 6.30. The van der Waals surface area contributed by atoms with Crippen molar-refractivity contribution in [2.24, 2.45) is 11.1 Å². The minimum Gasteiger partial charge on any atom is -0.465 e. The summed E-state index contributed by atoms with van der Waals surface area (Å²) in [6.07, 6.45) is 2.00. The van der Waals surface area contributed by atoms with Crippen LogP contribution in [-0.4, -0.2) is 44.4 Å². The van der Waals surface area contributed by atoms with Crippen molar-refractivity contribution in [2.75, 3.05) is 6.54 Å². The number of nitrogens with two attached hydrogens (primary N) is 1. The lowest BCUT2D eigenvalue weighted by molar-refractivity contribution is 0.0408. The molecule has 1 aliphatic heterocycles. The molecule has 8 nitrogen and oxygen atoms in total. The highest BCUT2D eigenvalue weighted by Gasteiger charge is 2.39. The Labute approximate surface area is 198 Å². The predicted octanol–water partition coefficient (Wildman–Crippen LogP) is 5.17. The fourth-order valence-electron chi connectivity index (χ4n) is 4.51. The molecule has 0 aliphatic carbocycles. The van der Waals surface area contributed by atoms with E-state index in [4.69, 9.17) is 15.6 Å². The quantitative estimate of drug-likeness (QED) is 0.543. The van der Waals surface area contributed by atoms with Gasteiger partial charge in [-0.1, -0.05) is 39.0 Å². The number of rotatable bonds is 5. The first kappa shape index (κ1) is 23.4. The molecule has 2 amide bonds.